The first kappa shape index (κ1) is 20.3. The van der Waals surface area contributed by atoms with E-state index in [1.165, 1.54) is 12.1 Å². The number of hydrogen-bond acceptors (Lipinski definition) is 2. The van der Waals surface area contributed by atoms with E-state index in [0.29, 0.717) is 31.0 Å². The minimum atomic E-state index is -0.313. The van der Waals surface area contributed by atoms with Gasteiger partial charge in [0.1, 0.15) is 5.82 Å². The lowest BCUT2D eigenvalue weighted by molar-refractivity contribution is -0.138. The van der Waals surface area contributed by atoms with Crippen LogP contribution in [-0.4, -0.2) is 29.8 Å². The van der Waals surface area contributed by atoms with Crippen molar-refractivity contribution < 1.29 is 14.0 Å². The monoisotopic (exact) mass is 402 g/mol. The molecule has 6 heteroatoms. The van der Waals surface area contributed by atoms with Crippen LogP contribution in [0, 0.1) is 18.7 Å². The van der Waals surface area contributed by atoms with Gasteiger partial charge in [0.15, 0.2) is 0 Å². The molecule has 2 aromatic carbocycles. The van der Waals surface area contributed by atoms with Crippen LogP contribution >= 0.6 is 11.6 Å². The molecule has 1 fully saturated rings. The maximum Gasteiger partial charge on any atom is 0.225 e. The summed E-state index contributed by atoms with van der Waals surface area (Å²) >= 11 is 5.90. The van der Waals surface area contributed by atoms with Crippen molar-refractivity contribution in [3.63, 3.8) is 0 Å². The molecule has 0 bridgehead atoms. The number of nitrogens with one attached hydrogen (secondary N) is 1. The number of rotatable bonds is 6. The summed E-state index contributed by atoms with van der Waals surface area (Å²) in [5, 5.41) is 3.58. The molecule has 0 unspecified atom stereocenters. The fourth-order valence-electron chi connectivity index (χ4n) is 3.42. The molecule has 0 aromatic heterocycles. The number of carbonyl (C=O) groups is 2. The van der Waals surface area contributed by atoms with Crippen molar-refractivity contribution in [1.82, 2.24) is 10.2 Å². The quantitative estimate of drug-likeness (QED) is 0.797. The largest absolute Gasteiger partial charge is 0.352 e. The second-order valence-corrected chi connectivity index (χ2v) is 7.68. The second kappa shape index (κ2) is 9.20. The number of benzene rings is 2. The van der Waals surface area contributed by atoms with Gasteiger partial charge in [-0.25, -0.2) is 4.39 Å². The van der Waals surface area contributed by atoms with Crippen LogP contribution < -0.4 is 5.32 Å². The molecule has 1 aliphatic heterocycles. The first-order valence-electron chi connectivity index (χ1n) is 9.47. The molecular formula is C22H24ClFN2O2. The number of aryl methyl sites for hydroxylation is 1. The highest BCUT2D eigenvalue weighted by Crippen LogP contribution is 2.19. The zero-order valence-electron chi connectivity index (χ0n) is 15.9. The number of nitrogens with zero attached hydrogens (tertiary/aromatic N) is 1. The second-order valence-electron chi connectivity index (χ2n) is 7.24. The lowest BCUT2D eigenvalue weighted by Gasteiger charge is -2.32. The van der Waals surface area contributed by atoms with Crippen molar-refractivity contribution in [3.05, 3.63) is 70.0 Å². The van der Waals surface area contributed by atoms with E-state index < -0.39 is 0 Å². The van der Waals surface area contributed by atoms with E-state index in [0.717, 1.165) is 23.1 Å². The maximum atomic E-state index is 13.4. The van der Waals surface area contributed by atoms with Crippen molar-refractivity contribution in [3.8, 4) is 0 Å². The average molecular weight is 403 g/mol. The SMILES string of the molecule is Cc1ccc(F)cc1CNC(=O)[C@@H]1CCC(=O)N(CCc2ccc(Cl)cc2)C1. The molecule has 0 aliphatic carbocycles. The summed E-state index contributed by atoms with van der Waals surface area (Å²) in [7, 11) is 0. The molecule has 1 N–H and O–H groups in total. The maximum absolute atomic E-state index is 13.4. The van der Waals surface area contributed by atoms with Crippen LogP contribution in [0.3, 0.4) is 0 Å². The molecule has 28 heavy (non-hydrogen) atoms. The highest BCUT2D eigenvalue weighted by Gasteiger charge is 2.29. The Kier molecular flexibility index (Phi) is 6.68. The predicted molar refractivity (Wildman–Crippen MR) is 107 cm³/mol. The van der Waals surface area contributed by atoms with E-state index in [2.05, 4.69) is 5.32 Å². The van der Waals surface area contributed by atoms with Crippen LogP contribution in [0.2, 0.25) is 5.02 Å². The minimum Gasteiger partial charge on any atom is -0.352 e. The predicted octanol–water partition coefficient (Wildman–Crippen LogP) is 3.89. The smallest absolute Gasteiger partial charge is 0.225 e. The van der Waals surface area contributed by atoms with Gasteiger partial charge in [0.25, 0.3) is 0 Å². The molecule has 0 spiro atoms. The van der Waals surface area contributed by atoms with Crippen LogP contribution in [-0.2, 0) is 22.6 Å². The van der Waals surface area contributed by atoms with Gasteiger partial charge in [0, 0.05) is 31.1 Å². The summed E-state index contributed by atoms with van der Waals surface area (Å²) in [5.41, 5.74) is 2.80. The lowest BCUT2D eigenvalue weighted by Crippen LogP contribution is -2.46. The van der Waals surface area contributed by atoms with E-state index in [-0.39, 0.29) is 30.1 Å². The Morgan fingerprint density at radius 2 is 2.00 bits per heavy atom. The first-order chi connectivity index (χ1) is 13.4. The summed E-state index contributed by atoms with van der Waals surface area (Å²) in [6.45, 7) is 3.17. The van der Waals surface area contributed by atoms with Gasteiger partial charge >= 0.3 is 0 Å². The molecule has 0 saturated carbocycles. The van der Waals surface area contributed by atoms with Crippen LogP contribution in [0.1, 0.15) is 29.5 Å². The number of piperidine rings is 1. The van der Waals surface area contributed by atoms with Crippen molar-refractivity contribution in [2.75, 3.05) is 13.1 Å². The van der Waals surface area contributed by atoms with Crippen molar-refractivity contribution in [1.29, 1.82) is 0 Å². The van der Waals surface area contributed by atoms with E-state index >= 15 is 0 Å². The third-order valence-electron chi connectivity index (χ3n) is 5.22. The van der Waals surface area contributed by atoms with Gasteiger partial charge in [-0.3, -0.25) is 9.59 Å². The van der Waals surface area contributed by atoms with Gasteiger partial charge < -0.3 is 10.2 Å². The van der Waals surface area contributed by atoms with Crippen LogP contribution in [0.15, 0.2) is 42.5 Å². The normalized spacial score (nSPS) is 16.9. The van der Waals surface area contributed by atoms with E-state index in [1.54, 1.807) is 11.0 Å². The highest BCUT2D eigenvalue weighted by atomic mass is 35.5. The van der Waals surface area contributed by atoms with Gasteiger partial charge in [0.2, 0.25) is 11.8 Å². The Morgan fingerprint density at radius 1 is 1.25 bits per heavy atom. The molecule has 2 amide bonds. The zero-order chi connectivity index (χ0) is 20.1. The van der Waals surface area contributed by atoms with Gasteiger partial charge in [-0.15, -0.1) is 0 Å². The summed E-state index contributed by atoms with van der Waals surface area (Å²) in [6, 6.07) is 12.1. The summed E-state index contributed by atoms with van der Waals surface area (Å²) in [4.78, 5) is 26.6. The Bertz CT molecular complexity index is 854. The van der Waals surface area contributed by atoms with Gasteiger partial charge in [0.05, 0.1) is 5.92 Å². The lowest BCUT2D eigenvalue weighted by atomic mass is 9.96. The number of carbonyl (C=O) groups excluding carboxylic acids is 2. The molecule has 0 radical (unpaired) electrons. The third-order valence-corrected chi connectivity index (χ3v) is 5.47. The summed E-state index contributed by atoms with van der Waals surface area (Å²) in [5.74, 6) is -0.560. The summed E-state index contributed by atoms with van der Waals surface area (Å²) < 4.78 is 13.4. The Morgan fingerprint density at radius 3 is 2.75 bits per heavy atom. The Balaban J connectivity index is 1.54. The fourth-order valence-corrected chi connectivity index (χ4v) is 3.54. The molecule has 1 saturated heterocycles. The number of amides is 2. The van der Waals surface area contributed by atoms with Crippen LogP contribution in [0.5, 0.6) is 0 Å². The average Bonchev–Trinajstić information content (AvgIpc) is 2.69. The molecule has 1 atom stereocenters. The molecular weight excluding hydrogens is 379 g/mol. The molecule has 2 aromatic rings. The van der Waals surface area contributed by atoms with E-state index in [9.17, 15) is 14.0 Å². The molecule has 148 valence electrons. The molecule has 1 heterocycles. The van der Waals surface area contributed by atoms with E-state index in [4.69, 9.17) is 11.6 Å². The fraction of sp³-hybridized carbons (Fsp3) is 0.364. The van der Waals surface area contributed by atoms with E-state index in [1.807, 2.05) is 31.2 Å². The number of likely N-dealkylation sites (tertiary alicyclic amines) is 1. The third kappa shape index (κ3) is 5.32. The van der Waals surface area contributed by atoms with Crippen molar-refractivity contribution in [2.24, 2.45) is 5.92 Å². The topological polar surface area (TPSA) is 49.4 Å². The molecule has 4 nitrogen and oxygen atoms in total. The van der Waals surface area contributed by atoms with Gasteiger partial charge in [-0.2, -0.15) is 0 Å². The molecule has 1 aliphatic rings. The van der Waals surface area contributed by atoms with Gasteiger partial charge in [-0.05, 0) is 60.7 Å². The first-order valence-corrected chi connectivity index (χ1v) is 9.85. The number of hydrogen-bond donors (Lipinski definition) is 1. The van der Waals surface area contributed by atoms with Crippen LogP contribution in [0.25, 0.3) is 0 Å². The molecule has 3 rings (SSSR count). The van der Waals surface area contributed by atoms with Crippen molar-refractivity contribution in [2.45, 2.75) is 32.7 Å². The van der Waals surface area contributed by atoms with Crippen molar-refractivity contribution >= 4 is 23.4 Å². The Hall–Kier alpha value is -2.40. The number of halogens is 2. The minimum absolute atomic E-state index is 0.0824. The zero-order valence-corrected chi connectivity index (χ0v) is 16.6. The van der Waals surface area contributed by atoms with Crippen LogP contribution in [0.4, 0.5) is 4.39 Å². The van der Waals surface area contributed by atoms with Gasteiger partial charge in [-0.1, -0.05) is 29.8 Å². The Labute approximate surface area is 169 Å². The highest BCUT2D eigenvalue weighted by molar-refractivity contribution is 6.30. The summed E-state index contributed by atoms with van der Waals surface area (Å²) in [6.07, 6.45) is 1.64. The standard InChI is InChI=1S/C22H24ClFN2O2/c1-15-2-8-20(24)12-18(15)13-25-22(28)17-5-9-21(27)26(14-17)11-10-16-3-6-19(23)7-4-16/h2-4,6-8,12,17H,5,9-11,13-14H2,1H3,(H,25,28)/t17-/m1/s1.